The number of nitrogens with one attached hydrogen (secondary N) is 1. The van der Waals surface area contributed by atoms with Gasteiger partial charge in [0.15, 0.2) is 0 Å². The predicted molar refractivity (Wildman–Crippen MR) is 95.1 cm³/mol. The van der Waals surface area contributed by atoms with E-state index in [4.69, 9.17) is 11.6 Å². The van der Waals surface area contributed by atoms with Gasteiger partial charge in [-0.05, 0) is 51.7 Å². The van der Waals surface area contributed by atoms with E-state index in [9.17, 15) is 0 Å². The molecule has 0 spiro atoms. The molecular weight excluding hydrogens is 346 g/mol. The highest BCUT2D eigenvalue weighted by Crippen LogP contribution is 2.33. The first-order valence-corrected chi connectivity index (χ1v) is 8.60. The zero-order valence-corrected chi connectivity index (χ0v) is 14.8. The van der Waals surface area contributed by atoms with Crippen LogP contribution in [0.25, 0.3) is 0 Å². The fraction of sp³-hybridized carbons (Fsp3) is 0.333. The third-order valence-electron chi connectivity index (χ3n) is 3.52. The number of hydrogen-bond acceptors (Lipinski definition) is 1. The van der Waals surface area contributed by atoms with Crippen LogP contribution in [0.15, 0.2) is 46.9 Å². The van der Waals surface area contributed by atoms with Gasteiger partial charge < -0.3 is 5.32 Å². The van der Waals surface area contributed by atoms with Crippen LogP contribution in [0.5, 0.6) is 0 Å². The summed E-state index contributed by atoms with van der Waals surface area (Å²) in [6.07, 6.45) is 2.27. The molecular formula is C18H21BrClN. The minimum Gasteiger partial charge on any atom is -0.306 e. The lowest BCUT2D eigenvalue weighted by Crippen LogP contribution is -2.22. The maximum atomic E-state index is 6.49. The Kier molecular flexibility index (Phi) is 6.28. The van der Waals surface area contributed by atoms with E-state index in [2.05, 4.69) is 65.4 Å². The summed E-state index contributed by atoms with van der Waals surface area (Å²) < 4.78 is 0.939. The van der Waals surface area contributed by atoms with Crippen LogP contribution in [0.4, 0.5) is 0 Å². The van der Waals surface area contributed by atoms with E-state index in [0.717, 1.165) is 34.4 Å². The molecule has 0 fully saturated rings. The Labute approximate surface area is 140 Å². The smallest absolute Gasteiger partial charge is 0.0599 e. The molecule has 0 aliphatic heterocycles. The first-order chi connectivity index (χ1) is 10.2. The standard InChI is InChI=1S/C18H21BrClN/c1-3-7-13-8-5-9-14(12-13)18(21-4-2)15-10-6-11-16(19)17(15)20/h5-6,8-12,18,21H,3-4,7H2,1-2H3. The fourth-order valence-electron chi connectivity index (χ4n) is 2.57. The minimum absolute atomic E-state index is 0.122. The van der Waals surface area contributed by atoms with Gasteiger partial charge in [-0.3, -0.25) is 0 Å². The normalized spacial score (nSPS) is 12.4. The molecule has 0 saturated carbocycles. The Balaban J connectivity index is 2.43. The lowest BCUT2D eigenvalue weighted by atomic mass is 9.96. The third kappa shape index (κ3) is 4.09. The van der Waals surface area contributed by atoms with Crippen molar-refractivity contribution < 1.29 is 0 Å². The van der Waals surface area contributed by atoms with Gasteiger partial charge in [-0.25, -0.2) is 0 Å². The molecule has 0 aliphatic rings. The van der Waals surface area contributed by atoms with E-state index in [1.54, 1.807) is 0 Å². The van der Waals surface area contributed by atoms with Crippen LogP contribution in [-0.4, -0.2) is 6.54 Å². The van der Waals surface area contributed by atoms with Gasteiger partial charge in [0.05, 0.1) is 11.1 Å². The predicted octanol–water partition coefficient (Wildman–Crippen LogP) is 5.75. The Hall–Kier alpha value is -0.830. The lowest BCUT2D eigenvalue weighted by molar-refractivity contribution is 0.629. The molecule has 0 aromatic heterocycles. The molecule has 3 heteroatoms. The first kappa shape index (κ1) is 16.5. The summed E-state index contributed by atoms with van der Waals surface area (Å²) in [6, 6.07) is 15.0. The number of benzene rings is 2. The summed E-state index contributed by atoms with van der Waals surface area (Å²) in [6.45, 7) is 5.22. The molecule has 0 heterocycles. The van der Waals surface area contributed by atoms with Crippen LogP contribution < -0.4 is 5.32 Å². The van der Waals surface area contributed by atoms with Crippen molar-refractivity contribution in [2.75, 3.05) is 6.54 Å². The van der Waals surface area contributed by atoms with Gasteiger partial charge in [0.25, 0.3) is 0 Å². The maximum Gasteiger partial charge on any atom is 0.0599 e. The van der Waals surface area contributed by atoms with E-state index >= 15 is 0 Å². The van der Waals surface area contributed by atoms with Crippen LogP contribution >= 0.6 is 27.5 Å². The molecule has 0 radical (unpaired) electrons. The van der Waals surface area contributed by atoms with Gasteiger partial charge in [-0.2, -0.15) is 0 Å². The Morgan fingerprint density at radius 3 is 2.62 bits per heavy atom. The van der Waals surface area contributed by atoms with Crippen molar-refractivity contribution in [2.45, 2.75) is 32.7 Å². The van der Waals surface area contributed by atoms with Crippen molar-refractivity contribution >= 4 is 27.5 Å². The summed E-state index contributed by atoms with van der Waals surface area (Å²) in [5, 5.41) is 4.33. The van der Waals surface area contributed by atoms with E-state index < -0.39 is 0 Å². The highest BCUT2D eigenvalue weighted by atomic mass is 79.9. The summed E-state index contributed by atoms with van der Waals surface area (Å²) in [4.78, 5) is 0. The number of halogens is 2. The van der Waals surface area contributed by atoms with Crippen molar-refractivity contribution in [2.24, 2.45) is 0 Å². The highest BCUT2D eigenvalue weighted by Gasteiger charge is 2.17. The Bertz CT molecular complexity index is 598. The van der Waals surface area contributed by atoms with Crippen LogP contribution in [0.1, 0.15) is 43.0 Å². The minimum atomic E-state index is 0.122. The van der Waals surface area contributed by atoms with E-state index in [-0.39, 0.29) is 6.04 Å². The molecule has 0 saturated heterocycles. The van der Waals surface area contributed by atoms with Crippen LogP contribution in [0.2, 0.25) is 5.02 Å². The average Bonchev–Trinajstić information content (AvgIpc) is 2.49. The van der Waals surface area contributed by atoms with Crippen LogP contribution in [0.3, 0.4) is 0 Å². The quantitative estimate of drug-likeness (QED) is 0.686. The fourth-order valence-corrected chi connectivity index (χ4v) is 3.19. The van der Waals surface area contributed by atoms with Crippen molar-refractivity contribution in [1.82, 2.24) is 5.32 Å². The molecule has 21 heavy (non-hydrogen) atoms. The van der Waals surface area contributed by atoms with E-state index in [1.165, 1.54) is 11.1 Å². The second-order valence-electron chi connectivity index (χ2n) is 5.13. The summed E-state index contributed by atoms with van der Waals surface area (Å²) in [5.74, 6) is 0. The second kappa shape index (κ2) is 7.98. The van der Waals surface area contributed by atoms with Crippen molar-refractivity contribution in [3.8, 4) is 0 Å². The maximum absolute atomic E-state index is 6.49. The van der Waals surface area contributed by atoms with Crippen molar-refractivity contribution in [3.05, 3.63) is 68.7 Å². The van der Waals surface area contributed by atoms with E-state index in [1.807, 2.05) is 12.1 Å². The molecule has 2 aromatic carbocycles. The molecule has 1 N–H and O–H groups in total. The summed E-state index contributed by atoms with van der Waals surface area (Å²) in [7, 11) is 0. The summed E-state index contributed by atoms with van der Waals surface area (Å²) in [5.41, 5.74) is 3.76. The lowest BCUT2D eigenvalue weighted by Gasteiger charge is -2.21. The molecule has 1 nitrogen and oxygen atoms in total. The monoisotopic (exact) mass is 365 g/mol. The average molecular weight is 367 g/mol. The Morgan fingerprint density at radius 2 is 1.90 bits per heavy atom. The van der Waals surface area contributed by atoms with Gasteiger partial charge >= 0.3 is 0 Å². The van der Waals surface area contributed by atoms with Crippen LogP contribution in [-0.2, 0) is 6.42 Å². The number of hydrogen-bond donors (Lipinski definition) is 1. The van der Waals surface area contributed by atoms with Gasteiger partial charge in [0, 0.05) is 4.47 Å². The van der Waals surface area contributed by atoms with Gasteiger partial charge in [0.2, 0.25) is 0 Å². The molecule has 2 aromatic rings. The molecule has 0 bridgehead atoms. The van der Waals surface area contributed by atoms with Crippen molar-refractivity contribution in [3.63, 3.8) is 0 Å². The molecule has 1 atom stereocenters. The SMILES string of the molecule is CCCc1cccc(C(NCC)c2cccc(Br)c2Cl)c1. The molecule has 0 amide bonds. The highest BCUT2D eigenvalue weighted by molar-refractivity contribution is 9.10. The summed E-state index contributed by atoms with van der Waals surface area (Å²) >= 11 is 10.0. The number of aryl methyl sites for hydroxylation is 1. The van der Waals surface area contributed by atoms with Crippen molar-refractivity contribution in [1.29, 1.82) is 0 Å². The van der Waals surface area contributed by atoms with Gasteiger partial charge in [-0.15, -0.1) is 0 Å². The molecule has 112 valence electrons. The third-order valence-corrected chi connectivity index (χ3v) is 4.83. The van der Waals surface area contributed by atoms with Gasteiger partial charge in [0.1, 0.15) is 0 Å². The molecule has 0 aliphatic carbocycles. The Morgan fingerprint density at radius 1 is 1.14 bits per heavy atom. The molecule has 1 unspecified atom stereocenters. The zero-order valence-electron chi connectivity index (χ0n) is 12.5. The first-order valence-electron chi connectivity index (χ1n) is 7.43. The second-order valence-corrected chi connectivity index (χ2v) is 6.36. The van der Waals surface area contributed by atoms with Gasteiger partial charge in [-0.1, -0.05) is 68.3 Å². The van der Waals surface area contributed by atoms with Crippen LogP contribution in [0, 0.1) is 0 Å². The zero-order chi connectivity index (χ0) is 15.2. The topological polar surface area (TPSA) is 12.0 Å². The molecule has 2 rings (SSSR count). The largest absolute Gasteiger partial charge is 0.306 e. The number of rotatable bonds is 6. The van der Waals surface area contributed by atoms with E-state index in [0.29, 0.717) is 0 Å².